The zero-order chi connectivity index (χ0) is 27.5. The Morgan fingerprint density at radius 2 is 1.62 bits per heavy atom. The van der Waals surface area contributed by atoms with Crippen molar-refractivity contribution in [2.75, 3.05) is 4.90 Å². The Morgan fingerprint density at radius 3 is 2.36 bits per heavy atom. The number of urea groups is 1. The van der Waals surface area contributed by atoms with E-state index in [9.17, 15) is 14.4 Å². The lowest BCUT2D eigenvalue weighted by Gasteiger charge is -2.27. The Morgan fingerprint density at radius 1 is 0.872 bits per heavy atom. The second-order valence-electron chi connectivity index (χ2n) is 9.63. The van der Waals surface area contributed by atoms with Gasteiger partial charge in [0.1, 0.15) is 17.9 Å². The minimum absolute atomic E-state index is 0.122. The predicted octanol–water partition coefficient (Wildman–Crippen LogP) is 6.43. The maximum absolute atomic E-state index is 13.3. The molecule has 39 heavy (non-hydrogen) atoms. The molecule has 1 fully saturated rings. The van der Waals surface area contributed by atoms with Gasteiger partial charge in [0.15, 0.2) is 0 Å². The molecule has 194 valence electrons. The average molecular weight is 517 g/mol. The molecule has 6 heteroatoms. The lowest BCUT2D eigenvalue weighted by Crippen LogP contribution is -2.54. The van der Waals surface area contributed by atoms with E-state index in [-0.39, 0.29) is 5.57 Å². The highest BCUT2D eigenvalue weighted by atomic mass is 16.5. The van der Waals surface area contributed by atoms with Gasteiger partial charge in [-0.1, -0.05) is 54.6 Å². The number of rotatable bonds is 7. The maximum atomic E-state index is 13.3. The summed E-state index contributed by atoms with van der Waals surface area (Å²) >= 11 is 0. The number of fused-ring (bicyclic) bond motifs is 1. The number of hydrogen-bond donors (Lipinski definition) is 1. The van der Waals surface area contributed by atoms with Crippen molar-refractivity contribution in [3.8, 4) is 5.75 Å². The summed E-state index contributed by atoms with van der Waals surface area (Å²) in [4.78, 5) is 39.6. The van der Waals surface area contributed by atoms with E-state index in [2.05, 4.69) is 36.2 Å². The minimum Gasteiger partial charge on any atom is -0.489 e. The van der Waals surface area contributed by atoms with Crippen LogP contribution in [-0.4, -0.2) is 17.8 Å². The van der Waals surface area contributed by atoms with Crippen LogP contribution in [0.3, 0.4) is 0 Å². The molecule has 4 aromatic carbocycles. The molecule has 0 aliphatic carbocycles. The van der Waals surface area contributed by atoms with Crippen LogP contribution in [0.15, 0.2) is 97.1 Å². The summed E-state index contributed by atoms with van der Waals surface area (Å²) < 4.78 is 6.16. The van der Waals surface area contributed by atoms with Crippen molar-refractivity contribution in [2.45, 2.75) is 26.9 Å². The lowest BCUT2D eigenvalue weighted by molar-refractivity contribution is -0.122. The third kappa shape index (κ3) is 5.50. The Balaban J connectivity index is 1.41. The van der Waals surface area contributed by atoms with Crippen LogP contribution in [0.5, 0.6) is 5.75 Å². The van der Waals surface area contributed by atoms with Crippen LogP contribution in [0.2, 0.25) is 0 Å². The van der Waals surface area contributed by atoms with Crippen LogP contribution in [0.1, 0.15) is 27.8 Å². The van der Waals surface area contributed by atoms with Crippen molar-refractivity contribution in [1.82, 2.24) is 5.32 Å². The summed E-state index contributed by atoms with van der Waals surface area (Å²) in [5, 5.41) is 4.61. The van der Waals surface area contributed by atoms with Crippen molar-refractivity contribution in [2.24, 2.45) is 0 Å². The van der Waals surface area contributed by atoms with Crippen LogP contribution in [-0.2, 0) is 22.6 Å². The number of aryl methyl sites for hydroxylation is 2. The third-order valence-corrected chi connectivity index (χ3v) is 6.53. The lowest BCUT2D eigenvalue weighted by atomic mass is 10.0. The van der Waals surface area contributed by atoms with E-state index in [1.54, 1.807) is 24.3 Å². The minimum atomic E-state index is -0.767. The number of imide groups is 2. The number of ether oxygens (including phenoxy) is 1. The van der Waals surface area contributed by atoms with E-state index < -0.39 is 17.8 Å². The van der Waals surface area contributed by atoms with Crippen molar-refractivity contribution >= 4 is 40.4 Å². The van der Waals surface area contributed by atoms with Crippen LogP contribution in [0, 0.1) is 13.8 Å². The number of carbonyl (C=O) groups excluding carboxylic acids is 3. The standard InChI is InChI=1S/C33H28N2O4/c1-4-7-27-17-23(11-13-30(27)39-20-24-10-12-25-8-5-6-9-26(25)18-24)19-29-31(36)34-33(38)35(32(29)37)28-15-21(2)14-22(3)16-28/h4-6,8-19H,1,7,20H2,2-3H3,(H,34,36,38)/b29-19+. The van der Waals surface area contributed by atoms with Gasteiger partial charge in [-0.25, -0.2) is 9.69 Å². The number of allylic oxidation sites excluding steroid dienone is 1. The summed E-state index contributed by atoms with van der Waals surface area (Å²) in [6.45, 7) is 8.01. The maximum Gasteiger partial charge on any atom is 0.335 e. The van der Waals surface area contributed by atoms with Gasteiger partial charge < -0.3 is 4.74 Å². The van der Waals surface area contributed by atoms with Gasteiger partial charge in [-0.2, -0.15) is 0 Å². The van der Waals surface area contributed by atoms with Gasteiger partial charge in [-0.3, -0.25) is 14.9 Å². The van der Waals surface area contributed by atoms with Crippen molar-refractivity contribution in [3.63, 3.8) is 0 Å². The smallest absolute Gasteiger partial charge is 0.335 e. The molecule has 0 spiro atoms. The third-order valence-electron chi connectivity index (χ3n) is 6.53. The molecule has 4 aromatic rings. The van der Waals surface area contributed by atoms with Crippen molar-refractivity contribution < 1.29 is 19.1 Å². The molecular formula is C33H28N2O4. The van der Waals surface area contributed by atoms with E-state index in [0.717, 1.165) is 32.5 Å². The monoisotopic (exact) mass is 516 g/mol. The first-order chi connectivity index (χ1) is 18.8. The number of anilines is 1. The molecule has 1 saturated heterocycles. The summed E-state index contributed by atoms with van der Waals surface area (Å²) in [7, 11) is 0. The molecule has 1 aliphatic heterocycles. The molecule has 6 nitrogen and oxygen atoms in total. The number of nitrogens with zero attached hydrogens (tertiary/aromatic N) is 1. The van der Waals surface area contributed by atoms with Crippen LogP contribution in [0.4, 0.5) is 10.5 Å². The zero-order valence-electron chi connectivity index (χ0n) is 21.9. The van der Waals surface area contributed by atoms with E-state index in [0.29, 0.717) is 30.0 Å². The molecule has 1 heterocycles. The molecule has 4 amide bonds. The number of amides is 4. The fourth-order valence-electron chi connectivity index (χ4n) is 4.77. The topological polar surface area (TPSA) is 75.7 Å². The first-order valence-corrected chi connectivity index (χ1v) is 12.7. The van der Waals surface area contributed by atoms with Gasteiger partial charge in [0, 0.05) is 0 Å². The number of hydrogen-bond acceptors (Lipinski definition) is 4. The fraction of sp³-hybridized carbons (Fsp3) is 0.121. The Hall–Kier alpha value is -4.97. The highest BCUT2D eigenvalue weighted by Crippen LogP contribution is 2.27. The fourth-order valence-corrected chi connectivity index (χ4v) is 4.77. The average Bonchev–Trinajstić information content (AvgIpc) is 2.90. The Kier molecular flexibility index (Phi) is 7.10. The molecule has 0 bridgehead atoms. The molecule has 1 aliphatic rings. The van der Waals surface area contributed by atoms with Gasteiger partial charge >= 0.3 is 6.03 Å². The van der Waals surface area contributed by atoms with Gasteiger partial charge in [-0.05, 0) is 95.3 Å². The van der Waals surface area contributed by atoms with Gasteiger partial charge in [0.25, 0.3) is 11.8 Å². The van der Waals surface area contributed by atoms with E-state index >= 15 is 0 Å². The summed E-state index contributed by atoms with van der Waals surface area (Å²) in [6.07, 6.45) is 3.81. The summed E-state index contributed by atoms with van der Waals surface area (Å²) in [6, 6.07) is 24.5. The molecule has 1 N–H and O–H groups in total. The Labute approximate surface area is 227 Å². The summed E-state index contributed by atoms with van der Waals surface area (Å²) in [5.74, 6) is -0.708. The molecule has 0 unspecified atom stereocenters. The van der Waals surface area contributed by atoms with Crippen molar-refractivity contribution in [1.29, 1.82) is 0 Å². The Bertz CT molecular complexity index is 1650. The highest BCUT2D eigenvalue weighted by Gasteiger charge is 2.37. The number of carbonyl (C=O) groups is 3. The van der Waals surface area contributed by atoms with Crippen molar-refractivity contribution in [3.05, 3.63) is 125 Å². The second-order valence-corrected chi connectivity index (χ2v) is 9.63. The molecule has 0 radical (unpaired) electrons. The molecule has 5 rings (SSSR count). The van der Waals surface area contributed by atoms with Crippen LogP contribution in [0.25, 0.3) is 16.8 Å². The van der Waals surface area contributed by atoms with E-state index in [1.807, 2.05) is 50.2 Å². The quantitative estimate of drug-likeness (QED) is 0.174. The zero-order valence-corrected chi connectivity index (χ0v) is 21.9. The van der Waals surface area contributed by atoms with Gasteiger partial charge in [-0.15, -0.1) is 6.58 Å². The van der Waals surface area contributed by atoms with Gasteiger partial charge in [0.2, 0.25) is 0 Å². The van der Waals surface area contributed by atoms with Crippen LogP contribution < -0.4 is 15.0 Å². The second kappa shape index (κ2) is 10.8. The van der Waals surface area contributed by atoms with Gasteiger partial charge in [0.05, 0.1) is 5.69 Å². The molecule has 0 saturated carbocycles. The number of benzene rings is 4. The van der Waals surface area contributed by atoms with Crippen LogP contribution >= 0.6 is 0 Å². The molecule has 0 aromatic heterocycles. The SMILES string of the molecule is C=CCc1cc(/C=C2\C(=O)NC(=O)N(c3cc(C)cc(C)c3)C2=O)ccc1OCc1ccc2ccccc2c1. The first kappa shape index (κ1) is 25.7. The predicted molar refractivity (Wildman–Crippen MR) is 154 cm³/mol. The number of nitrogens with one attached hydrogen (secondary N) is 1. The normalized spacial score (nSPS) is 14.6. The van der Waals surface area contributed by atoms with E-state index in [4.69, 9.17) is 4.74 Å². The number of barbiturate groups is 1. The molecule has 0 atom stereocenters. The molecular weight excluding hydrogens is 488 g/mol. The largest absolute Gasteiger partial charge is 0.489 e. The summed E-state index contributed by atoms with van der Waals surface area (Å²) in [5.41, 5.74) is 4.65. The first-order valence-electron chi connectivity index (χ1n) is 12.7. The van der Waals surface area contributed by atoms with E-state index in [1.165, 1.54) is 11.5 Å². The highest BCUT2D eigenvalue weighted by molar-refractivity contribution is 6.39.